The zero-order valence-corrected chi connectivity index (χ0v) is 20.4. The van der Waals surface area contributed by atoms with Gasteiger partial charge in [0.15, 0.2) is 0 Å². The highest BCUT2D eigenvalue weighted by Crippen LogP contribution is 2.36. The van der Waals surface area contributed by atoms with Gasteiger partial charge in [0, 0.05) is 22.9 Å². The first-order valence-corrected chi connectivity index (χ1v) is 12.4. The summed E-state index contributed by atoms with van der Waals surface area (Å²) in [6.45, 7) is 0. The highest BCUT2D eigenvalue weighted by molar-refractivity contribution is 5.99. The molecule has 0 bridgehead atoms. The summed E-state index contributed by atoms with van der Waals surface area (Å²) in [6, 6.07) is 10.3. The molecule has 1 amide bonds. The lowest BCUT2D eigenvalue weighted by molar-refractivity contribution is -0.139. The van der Waals surface area contributed by atoms with Crippen LogP contribution in [0.1, 0.15) is 54.1 Å². The minimum atomic E-state index is -1.25. The number of imidazole rings is 1. The van der Waals surface area contributed by atoms with E-state index in [1.54, 1.807) is 24.7 Å². The smallest absolute Gasteiger partial charge is 0.326 e. The zero-order valence-electron chi connectivity index (χ0n) is 20.4. The summed E-state index contributed by atoms with van der Waals surface area (Å²) in [5.74, 6) is -1.21. The van der Waals surface area contributed by atoms with Crippen molar-refractivity contribution in [2.45, 2.75) is 50.6 Å². The number of nitrogens with one attached hydrogen (secondary N) is 1. The number of carboxylic acids is 1. The van der Waals surface area contributed by atoms with E-state index in [9.17, 15) is 19.8 Å². The molecule has 5 rings (SSSR count). The Morgan fingerprint density at radius 2 is 2.00 bits per heavy atom. The predicted molar refractivity (Wildman–Crippen MR) is 139 cm³/mol. The third kappa shape index (κ3) is 5.05. The Kier molecular flexibility index (Phi) is 7.01. The van der Waals surface area contributed by atoms with Gasteiger partial charge >= 0.3 is 5.97 Å². The molecule has 2 heterocycles. The van der Waals surface area contributed by atoms with Gasteiger partial charge in [0.1, 0.15) is 23.9 Å². The molecule has 2 aromatic carbocycles. The highest BCUT2D eigenvalue weighted by atomic mass is 16.4. The summed E-state index contributed by atoms with van der Waals surface area (Å²) in [7, 11) is 0. The summed E-state index contributed by atoms with van der Waals surface area (Å²) in [5.41, 5.74) is 11.8. The van der Waals surface area contributed by atoms with Crippen LogP contribution in [0.3, 0.4) is 0 Å². The van der Waals surface area contributed by atoms with Crippen molar-refractivity contribution in [3.8, 4) is 17.1 Å². The van der Waals surface area contributed by atoms with E-state index < -0.39 is 17.9 Å². The largest absolute Gasteiger partial charge is 0.507 e. The molecule has 3 N–H and O–H groups in total. The zero-order chi connectivity index (χ0) is 26.6. The van der Waals surface area contributed by atoms with Gasteiger partial charge in [-0.2, -0.15) is 0 Å². The van der Waals surface area contributed by atoms with Crippen LogP contribution in [0.5, 0.6) is 5.75 Å². The van der Waals surface area contributed by atoms with E-state index >= 15 is 0 Å². The minimum Gasteiger partial charge on any atom is -0.507 e. The van der Waals surface area contributed by atoms with Crippen molar-refractivity contribution in [1.82, 2.24) is 14.9 Å². The van der Waals surface area contributed by atoms with Gasteiger partial charge in [-0.15, -0.1) is 0 Å². The SMILES string of the molecule is [N-]=[N+]=Nc1cc(C[C@H](NC(=O)c2ccc3c(c2)nc(-c2ccoc2)n3C2CCCCC2)C(=O)O)ccc1O. The number of nitrogens with zero attached hydrogens (tertiary/aromatic N) is 5. The molecule has 0 unspecified atom stereocenters. The number of benzene rings is 2. The summed E-state index contributed by atoms with van der Waals surface area (Å²) in [4.78, 5) is 32.5. The normalized spacial score (nSPS) is 14.6. The lowest BCUT2D eigenvalue weighted by atomic mass is 9.95. The van der Waals surface area contributed by atoms with Crippen molar-refractivity contribution in [1.29, 1.82) is 0 Å². The topological polar surface area (TPSA) is 166 Å². The number of carbonyl (C=O) groups excluding carboxylic acids is 1. The number of amides is 1. The van der Waals surface area contributed by atoms with Crippen LogP contribution in [0.25, 0.3) is 32.9 Å². The van der Waals surface area contributed by atoms with Gasteiger partial charge in [0.25, 0.3) is 5.91 Å². The fourth-order valence-corrected chi connectivity index (χ4v) is 5.05. The summed E-state index contributed by atoms with van der Waals surface area (Å²) >= 11 is 0. The van der Waals surface area contributed by atoms with Crippen molar-refractivity contribution in [2.75, 3.05) is 0 Å². The third-order valence-corrected chi connectivity index (χ3v) is 6.91. The van der Waals surface area contributed by atoms with Crippen molar-refractivity contribution in [3.05, 3.63) is 76.6 Å². The van der Waals surface area contributed by atoms with Gasteiger partial charge in [-0.05, 0) is 60.3 Å². The van der Waals surface area contributed by atoms with Crippen molar-refractivity contribution in [3.63, 3.8) is 0 Å². The number of fused-ring (bicyclic) bond motifs is 1. The van der Waals surface area contributed by atoms with Crippen LogP contribution in [-0.4, -0.2) is 37.7 Å². The molecule has 1 saturated carbocycles. The molecule has 11 heteroatoms. The predicted octanol–water partition coefficient (Wildman–Crippen LogP) is 5.87. The molecular weight excluding hydrogens is 488 g/mol. The van der Waals surface area contributed by atoms with E-state index in [0.29, 0.717) is 17.1 Å². The summed E-state index contributed by atoms with van der Waals surface area (Å²) in [6.07, 6.45) is 8.82. The molecule has 11 nitrogen and oxygen atoms in total. The average Bonchev–Trinajstić information content (AvgIpc) is 3.58. The number of carboxylic acid groups (broad SMARTS) is 1. The first-order valence-electron chi connectivity index (χ1n) is 12.4. The van der Waals surface area contributed by atoms with Crippen LogP contribution >= 0.6 is 0 Å². The van der Waals surface area contributed by atoms with E-state index in [1.165, 1.54) is 24.6 Å². The summed E-state index contributed by atoms with van der Waals surface area (Å²) in [5, 5.41) is 25.5. The molecule has 1 atom stereocenters. The molecule has 1 aliphatic rings. The number of carbonyl (C=O) groups is 2. The Hall–Kier alpha value is -4.76. The fourth-order valence-electron chi connectivity index (χ4n) is 5.05. The molecule has 0 saturated heterocycles. The Balaban J connectivity index is 1.42. The number of aromatic hydroxyl groups is 1. The quantitative estimate of drug-likeness (QED) is 0.151. The van der Waals surface area contributed by atoms with Gasteiger partial charge in [-0.25, -0.2) is 9.78 Å². The Labute approximate surface area is 217 Å². The van der Waals surface area contributed by atoms with E-state index in [1.807, 2.05) is 12.1 Å². The molecule has 1 aliphatic carbocycles. The first kappa shape index (κ1) is 24.9. The van der Waals surface area contributed by atoms with Crippen molar-refractivity contribution in [2.24, 2.45) is 5.11 Å². The summed E-state index contributed by atoms with van der Waals surface area (Å²) < 4.78 is 7.53. The standard InChI is InChI=1S/C27H26N6O5/c28-32-31-21-12-16(6-9-24(21)34)13-22(27(36)37)30-26(35)17-7-8-23-20(14-17)29-25(18-10-11-38-15-18)33(23)19-4-2-1-3-5-19/h6-12,14-15,19,22,34H,1-5,13H2,(H,30,35)(H,36,37)/t22-/m0/s1. The molecule has 0 aliphatic heterocycles. The molecule has 0 radical (unpaired) electrons. The number of azide groups is 1. The van der Waals surface area contributed by atoms with E-state index in [-0.39, 0.29) is 23.4 Å². The molecule has 4 aromatic rings. The number of furan rings is 1. The number of rotatable bonds is 8. The van der Waals surface area contributed by atoms with Gasteiger partial charge in [-0.3, -0.25) is 4.79 Å². The highest BCUT2D eigenvalue weighted by Gasteiger charge is 2.25. The second kappa shape index (κ2) is 10.7. The van der Waals surface area contributed by atoms with E-state index in [4.69, 9.17) is 14.9 Å². The Bertz CT molecular complexity index is 1530. The van der Waals surface area contributed by atoms with Crippen LogP contribution in [0.15, 0.2) is 64.5 Å². The van der Waals surface area contributed by atoms with Crippen LogP contribution in [-0.2, 0) is 11.2 Å². The lowest BCUT2D eigenvalue weighted by Gasteiger charge is -2.25. The van der Waals surface area contributed by atoms with Gasteiger partial charge in [0.2, 0.25) is 0 Å². The molecular formula is C27H26N6O5. The third-order valence-electron chi connectivity index (χ3n) is 6.91. The first-order chi connectivity index (χ1) is 18.4. The Morgan fingerprint density at radius 3 is 2.71 bits per heavy atom. The van der Waals surface area contributed by atoms with Crippen molar-refractivity contribution >= 4 is 28.6 Å². The Morgan fingerprint density at radius 1 is 1.18 bits per heavy atom. The molecule has 0 spiro atoms. The maximum Gasteiger partial charge on any atom is 0.326 e. The molecule has 1 fully saturated rings. The molecule has 194 valence electrons. The minimum absolute atomic E-state index is 0.0205. The number of hydrogen-bond acceptors (Lipinski definition) is 6. The monoisotopic (exact) mass is 514 g/mol. The van der Waals surface area contributed by atoms with Gasteiger partial charge in [0.05, 0.1) is 28.5 Å². The second-order valence-electron chi connectivity index (χ2n) is 9.39. The van der Waals surface area contributed by atoms with Crippen LogP contribution < -0.4 is 5.32 Å². The number of aliphatic carboxylic acids is 1. The van der Waals surface area contributed by atoms with Crippen molar-refractivity contribution < 1.29 is 24.2 Å². The number of hydrogen-bond donors (Lipinski definition) is 3. The van der Waals surface area contributed by atoms with E-state index in [2.05, 4.69) is 19.9 Å². The molecule has 2 aromatic heterocycles. The fraction of sp³-hybridized carbons (Fsp3) is 0.296. The average molecular weight is 515 g/mol. The number of aromatic nitrogens is 2. The lowest BCUT2D eigenvalue weighted by Crippen LogP contribution is -2.42. The van der Waals surface area contributed by atoms with Gasteiger partial charge < -0.3 is 24.5 Å². The number of phenols is 1. The number of phenolic OH excluding ortho intramolecular Hbond substituents is 1. The van der Waals surface area contributed by atoms with E-state index in [0.717, 1.165) is 42.6 Å². The second-order valence-corrected chi connectivity index (χ2v) is 9.39. The van der Waals surface area contributed by atoms with Crippen LogP contribution in [0, 0.1) is 0 Å². The maximum atomic E-state index is 13.1. The van der Waals surface area contributed by atoms with Crippen LogP contribution in [0.4, 0.5) is 5.69 Å². The molecule has 38 heavy (non-hydrogen) atoms. The van der Waals surface area contributed by atoms with Gasteiger partial charge in [-0.1, -0.05) is 30.4 Å². The van der Waals surface area contributed by atoms with Crippen LogP contribution in [0.2, 0.25) is 0 Å². The maximum absolute atomic E-state index is 13.1.